The molecule has 2 aromatic rings. The molecule has 8 heteroatoms. The summed E-state index contributed by atoms with van der Waals surface area (Å²) >= 11 is 1.11. The molecule has 0 saturated heterocycles. The molecule has 3 rings (SSSR count). The molecule has 1 aliphatic rings. The molecule has 1 aliphatic carbocycles. The summed E-state index contributed by atoms with van der Waals surface area (Å²) in [4.78, 5) is 29.5. The van der Waals surface area contributed by atoms with Crippen LogP contribution in [0.1, 0.15) is 34.6 Å². The van der Waals surface area contributed by atoms with E-state index in [9.17, 15) is 14.0 Å². The van der Waals surface area contributed by atoms with Gasteiger partial charge in [0, 0.05) is 11.8 Å². The first-order chi connectivity index (χ1) is 13.5. The maximum absolute atomic E-state index is 14.5. The Bertz CT molecular complexity index is 910. The Morgan fingerprint density at radius 1 is 1.36 bits per heavy atom. The average molecular weight is 404 g/mol. The molecule has 0 amide bonds. The van der Waals surface area contributed by atoms with Gasteiger partial charge >= 0.3 is 5.97 Å². The average Bonchev–Trinajstić information content (AvgIpc) is 3.08. The largest absolute Gasteiger partial charge is 0.497 e. The SMILES string of the molecule is C=CCOC(=O)CSc1nc2c(n1C(=O)c1ccc(OC)cc1F)CCCC2. The van der Waals surface area contributed by atoms with Gasteiger partial charge in [0.25, 0.3) is 5.91 Å². The van der Waals surface area contributed by atoms with E-state index in [0.29, 0.717) is 17.3 Å². The number of hydrogen-bond donors (Lipinski definition) is 0. The third-order valence-electron chi connectivity index (χ3n) is 4.39. The molecule has 0 bridgehead atoms. The lowest BCUT2D eigenvalue weighted by atomic mass is 10.0. The van der Waals surface area contributed by atoms with Crippen LogP contribution in [0.15, 0.2) is 36.0 Å². The monoisotopic (exact) mass is 404 g/mol. The number of nitrogens with zero attached hydrogens (tertiary/aromatic N) is 2. The molecule has 0 aliphatic heterocycles. The Kier molecular flexibility index (Phi) is 6.51. The van der Waals surface area contributed by atoms with Crippen molar-refractivity contribution in [1.82, 2.24) is 9.55 Å². The van der Waals surface area contributed by atoms with Crippen molar-refractivity contribution in [3.8, 4) is 5.75 Å². The number of aromatic nitrogens is 2. The van der Waals surface area contributed by atoms with Crippen LogP contribution in [0.3, 0.4) is 0 Å². The molecule has 1 aromatic carbocycles. The second kappa shape index (κ2) is 9.05. The summed E-state index contributed by atoms with van der Waals surface area (Å²) < 4.78 is 25.9. The molecule has 0 saturated carbocycles. The van der Waals surface area contributed by atoms with Gasteiger partial charge in [-0.05, 0) is 37.8 Å². The molecule has 1 heterocycles. The zero-order valence-electron chi connectivity index (χ0n) is 15.6. The topological polar surface area (TPSA) is 70.4 Å². The summed E-state index contributed by atoms with van der Waals surface area (Å²) in [5.74, 6) is -1.26. The smallest absolute Gasteiger partial charge is 0.316 e. The van der Waals surface area contributed by atoms with E-state index in [4.69, 9.17) is 9.47 Å². The quantitative estimate of drug-likeness (QED) is 0.400. The number of thioether (sulfide) groups is 1. The van der Waals surface area contributed by atoms with Crippen LogP contribution in [0.5, 0.6) is 5.75 Å². The Labute approximate surface area is 166 Å². The standard InChI is InChI=1S/C20H21FN2O4S/c1-3-10-27-18(24)12-28-20-22-16-6-4-5-7-17(16)23(20)19(25)14-9-8-13(26-2)11-15(14)21/h3,8-9,11H,1,4-7,10,12H2,2H3. The van der Waals surface area contributed by atoms with Crippen LogP contribution in [-0.2, 0) is 22.4 Å². The van der Waals surface area contributed by atoms with E-state index >= 15 is 0 Å². The van der Waals surface area contributed by atoms with Crippen LogP contribution in [0, 0.1) is 5.82 Å². The van der Waals surface area contributed by atoms with Gasteiger partial charge in [0.05, 0.1) is 24.1 Å². The lowest BCUT2D eigenvalue weighted by Gasteiger charge is -2.14. The fraction of sp³-hybridized carbons (Fsp3) is 0.350. The van der Waals surface area contributed by atoms with Gasteiger partial charge in [-0.15, -0.1) is 0 Å². The summed E-state index contributed by atoms with van der Waals surface area (Å²) in [6.45, 7) is 3.62. The molecule has 148 valence electrons. The number of carbonyl (C=O) groups excluding carboxylic acids is 2. The van der Waals surface area contributed by atoms with Gasteiger partial charge in [0.15, 0.2) is 5.16 Å². The lowest BCUT2D eigenvalue weighted by molar-refractivity contribution is -0.139. The molecule has 28 heavy (non-hydrogen) atoms. The van der Waals surface area contributed by atoms with E-state index in [1.807, 2.05) is 0 Å². The van der Waals surface area contributed by atoms with E-state index in [2.05, 4.69) is 11.6 Å². The lowest BCUT2D eigenvalue weighted by Crippen LogP contribution is -2.19. The van der Waals surface area contributed by atoms with Crippen molar-refractivity contribution in [3.63, 3.8) is 0 Å². The van der Waals surface area contributed by atoms with Crippen LogP contribution in [0.2, 0.25) is 0 Å². The molecular formula is C20H21FN2O4S. The Hall–Kier alpha value is -2.61. The number of methoxy groups -OCH3 is 1. The van der Waals surface area contributed by atoms with Gasteiger partial charge in [-0.2, -0.15) is 0 Å². The second-order valence-electron chi connectivity index (χ2n) is 6.24. The van der Waals surface area contributed by atoms with E-state index < -0.39 is 17.7 Å². The summed E-state index contributed by atoms with van der Waals surface area (Å²) in [5.41, 5.74) is 1.55. The number of rotatable bonds is 7. The summed E-state index contributed by atoms with van der Waals surface area (Å²) in [5, 5.41) is 0.377. The highest BCUT2D eigenvalue weighted by Gasteiger charge is 2.27. The zero-order valence-corrected chi connectivity index (χ0v) is 16.4. The van der Waals surface area contributed by atoms with Crippen molar-refractivity contribution in [2.45, 2.75) is 30.8 Å². The first-order valence-electron chi connectivity index (χ1n) is 8.93. The Morgan fingerprint density at radius 3 is 2.86 bits per heavy atom. The molecular weight excluding hydrogens is 383 g/mol. The number of hydrogen-bond acceptors (Lipinski definition) is 6. The highest BCUT2D eigenvalue weighted by Crippen LogP contribution is 2.29. The molecule has 1 aromatic heterocycles. The minimum Gasteiger partial charge on any atom is -0.497 e. The molecule has 0 unspecified atom stereocenters. The van der Waals surface area contributed by atoms with Crippen molar-refractivity contribution < 1.29 is 23.5 Å². The van der Waals surface area contributed by atoms with Crippen molar-refractivity contribution in [3.05, 3.63) is 53.6 Å². The van der Waals surface area contributed by atoms with Gasteiger partial charge in [-0.3, -0.25) is 14.2 Å². The summed E-state index contributed by atoms with van der Waals surface area (Å²) in [7, 11) is 1.43. The number of ether oxygens (including phenoxy) is 2. The predicted molar refractivity (Wildman–Crippen MR) is 103 cm³/mol. The molecule has 0 N–H and O–H groups in total. The van der Waals surface area contributed by atoms with Crippen LogP contribution in [-0.4, -0.2) is 40.9 Å². The number of halogens is 1. The highest BCUT2D eigenvalue weighted by molar-refractivity contribution is 7.99. The maximum atomic E-state index is 14.5. The van der Waals surface area contributed by atoms with E-state index in [-0.39, 0.29) is 17.9 Å². The Morgan fingerprint density at radius 2 is 2.14 bits per heavy atom. The fourth-order valence-corrected chi connectivity index (χ4v) is 3.88. The second-order valence-corrected chi connectivity index (χ2v) is 7.18. The zero-order chi connectivity index (χ0) is 20.1. The molecule has 0 atom stereocenters. The van der Waals surface area contributed by atoms with Crippen LogP contribution in [0.4, 0.5) is 4.39 Å². The van der Waals surface area contributed by atoms with Gasteiger partial charge in [-0.1, -0.05) is 24.4 Å². The number of carbonyl (C=O) groups is 2. The van der Waals surface area contributed by atoms with Gasteiger partial charge in [0.2, 0.25) is 0 Å². The first kappa shape index (κ1) is 20.1. The van der Waals surface area contributed by atoms with Gasteiger partial charge in [0.1, 0.15) is 18.2 Å². The van der Waals surface area contributed by atoms with E-state index in [1.165, 1.54) is 29.9 Å². The number of imidazole rings is 1. The summed E-state index contributed by atoms with van der Waals surface area (Å²) in [6, 6.07) is 4.12. The van der Waals surface area contributed by atoms with Crippen LogP contribution in [0.25, 0.3) is 0 Å². The van der Waals surface area contributed by atoms with E-state index in [0.717, 1.165) is 42.4 Å². The van der Waals surface area contributed by atoms with Crippen LogP contribution < -0.4 is 4.74 Å². The Balaban J connectivity index is 1.92. The minimum atomic E-state index is -0.663. The summed E-state index contributed by atoms with van der Waals surface area (Å²) in [6.07, 6.45) is 4.85. The maximum Gasteiger partial charge on any atom is 0.316 e. The number of aryl methyl sites for hydroxylation is 1. The molecule has 0 spiro atoms. The highest BCUT2D eigenvalue weighted by atomic mass is 32.2. The normalized spacial score (nSPS) is 12.9. The molecule has 0 fully saturated rings. The van der Waals surface area contributed by atoms with Crippen molar-refractivity contribution in [2.24, 2.45) is 0 Å². The number of fused-ring (bicyclic) bond motifs is 1. The van der Waals surface area contributed by atoms with Crippen LogP contribution >= 0.6 is 11.8 Å². The van der Waals surface area contributed by atoms with Crippen molar-refractivity contribution in [1.29, 1.82) is 0 Å². The van der Waals surface area contributed by atoms with Crippen molar-refractivity contribution in [2.75, 3.05) is 19.5 Å². The third kappa shape index (κ3) is 4.27. The predicted octanol–water partition coefficient (Wildman–Crippen LogP) is 3.42. The fourth-order valence-electron chi connectivity index (χ4n) is 3.06. The van der Waals surface area contributed by atoms with Gasteiger partial charge in [-0.25, -0.2) is 9.37 Å². The molecule has 6 nitrogen and oxygen atoms in total. The first-order valence-corrected chi connectivity index (χ1v) is 9.91. The number of benzene rings is 1. The van der Waals surface area contributed by atoms with Gasteiger partial charge < -0.3 is 9.47 Å². The van der Waals surface area contributed by atoms with Crippen molar-refractivity contribution >= 4 is 23.6 Å². The molecule has 0 radical (unpaired) electrons. The minimum absolute atomic E-state index is 0.00209. The number of esters is 1. The van der Waals surface area contributed by atoms with E-state index in [1.54, 1.807) is 6.07 Å². The third-order valence-corrected chi connectivity index (χ3v) is 5.31.